The van der Waals surface area contributed by atoms with Crippen molar-refractivity contribution in [2.24, 2.45) is 0 Å². The molecule has 2 amide bonds. The molecule has 1 aliphatic rings. The number of nitrogens with one attached hydrogen (secondary N) is 1. The van der Waals surface area contributed by atoms with Gasteiger partial charge in [-0.1, -0.05) is 12.1 Å². The summed E-state index contributed by atoms with van der Waals surface area (Å²) < 4.78 is 10.5. The van der Waals surface area contributed by atoms with Crippen molar-refractivity contribution in [1.29, 1.82) is 0 Å². The Morgan fingerprint density at radius 2 is 1.81 bits per heavy atom. The summed E-state index contributed by atoms with van der Waals surface area (Å²) >= 11 is 0. The van der Waals surface area contributed by atoms with Gasteiger partial charge in [-0.2, -0.15) is 0 Å². The van der Waals surface area contributed by atoms with Gasteiger partial charge in [0.1, 0.15) is 17.5 Å². The summed E-state index contributed by atoms with van der Waals surface area (Å²) in [6, 6.07) is 10.4. The summed E-state index contributed by atoms with van der Waals surface area (Å²) in [6.45, 7) is 3.83. The molecule has 0 radical (unpaired) electrons. The number of rotatable bonds is 5. The maximum absolute atomic E-state index is 12.9. The van der Waals surface area contributed by atoms with Crippen molar-refractivity contribution in [3.63, 3.8) is 0 Å². The van der Waals surface area contributed by atoms with E-state index < -0.39 is 6.04 Å². The van der Waals surface area contributed by atoms with Crippen LogP contribution in [0.2, 0.25) is 0 Å². The Hall–Kier alpha value is -3.02. The number of carbonyl (C=O) groups excluding carboxylic acids is 2. The van der Waals surface area contributed by atoms with E-state index in [1.54, 1.807) is 32.4 Å². The molecule has 1 saturated heterocycles. The fraction of sp³-hybridized carbons (Fsp3) is 0.300. The fourth-order valence-corrected chi connectivity index (χ4v) is 3.06. The lowest BCUT2D eigenvalue weighted by atomic mass is 10.1. The zero-order chi connectivity index (χ0) is 18.8. The molecule has 6 heteroatoms. The smallest absolute Gasteiger partial charge is 0.256 e. The van der Waals surface area contributed by atoms with Crippen LogP contribution in [0, 0.1) is 13.8 Å². The Kier molecular flexibility index (Phi) is 4.84. The van der Waals surface area contributed by atoms with Gasteiger partial charge in [-0.3, -0.25) is 9.59 Å². The largest absolute Gasteiger partial charge is 0.497 e. The number of hydrogen-bond acceptors (Lipinski definition) is 5. The summed E-state index contributed by atoms with van der Waals surface area (Å²) in [5.74, 6) is 0.725. The number of nitrogens with zero attached hydrogens (tertiary/aromatic N) is 1. The predicted molar refractivity (Wildman–Crippen MR) is 100.0 cm³/mol. The van der Waals surface area contributed by atoms with E-state index in [-0.39, 0.29) is 18.2 Å². The van der Waals surface area contributed by atoms with E-state index in [2.05, 4.69) is 5.32 Å². The Morgan fingerprint density at radius 1 is 1.04 bits per heavy atom. The Bertz CT molecular complexity index is 863. The van der Waals surface area contributed by atoms with E-state index in [0.717, 1.165) is 11.1 Å². The molecule has 1 heterocycles. The summed E-state index contributed by atoms with van der Waals surface area (Å²) in [4.78, 5) is 26.7. The highest BCUT2D eigenvalue weighted by Crippen LogP contribution is 2.33. The maximum atomic E-state index is 12.9. The normalized spacial score (nSPS) is 16.8. The number of methoxy groups -OCH3 is 2. The summed E-state index contributed by atoms with van der Waals surface area (Å²) in [6.07, 6.45) is 0.0986. The molecule has 3 rings (SSSR count). The van der Waals surface area contributed by atoms with Crippen LogP contribution in [0.3, 0.4) is 0 Å². The highest BCUT2D eigenvalue weighted by atomic mass is 16.5. The minimum Gasteiger partial charge on any atom is -0.497 e. The van der Waals surface area contributed by atoms with E-state index in [0.29, 0.717) is 22.9 Å². The topological polar surface area (TPSA) is 67.9 Å². The van der Waals surface area contributed by atoms with Crippen LogP contribution < -0.4 is 19.7 Å². The van der Waals surface area contributed by atoms with Crippen molar-refractivity contribution in [3.8, 4) is 11.5 Å². The van der Waals surface area contributed by atoms with E-state index >= 15 is 0 Å². The van der Waals surface area contributed by atoms with Gasteiger partial charge in [-0.15, -0.1) is 0 Å². The molecule has 2 aromatic carbocycles. The molecule has 0 bridgehead atoms. The molecule has 136 valence electrons. The zero-order valence-corrected chi connectivity index (χ0v) is 15.3. The second-order valence-electron chi connectivity index (χ2n) is 6.32. The SMILES string of the molecule is COc1ccc(N[C@@H]2CC(=O)N(c3cc(C)ccc3C)C2=O)c(OC)c1. The lowest BCUT2D eigenvalue weighted by Crippen LogP contribution is -2.35. The summed E-state index contributed by atoms with van der Waals surface area (Å²) in [5.41, 5.74) is 3.17. The molecular formula is C20H22N2O4. The second kappa shape index (κ2) is 7.07. The molecule has 0 unspecified atom stereocenters. The van der Waals surface area contributed by atoms with Crippen molar-refractivity contribution in [2.45, 2.75) is 26.3 Å². The number of carbonyl (C=O) groups is 2. The molecule has 0 spiro atoms. The second-order valence-corrected chi connectivity index (χ2v) is 6.32. The number of benzene rings is 2. The number of amides is 2. The van der Waals surface area contributed by atoms with Gasteiger partial charge in [-0.05, 0) is 43.2 Å². The molecule has 1 atom stereocenters. The quantitative estimate of drug-likeness (QED) is 0.836. The zero-order valence-electron chi connectivity index (χ0n) is 15.3. The number of imide groups is 1. The van der Waals surface area contributed by atoms with Gasteiger partial charge in [0, 0.05) is 6.07 Å². The molecule has 0 aromatic heterocycles. The van der Waals surface area contributed by atoms with Gasteiger partial charge >= 0.3 is 0 Å². The summed E-state index contributed by atoms with van der Waals surface area (Å²) in [7, 11) is 3.12. The maximum Gasteiger partial charge on any atom is 0.256 e. The standard InChI is InChI=1S/C20H22N2O4/c1-12-5-6-13(2)17(9-12)22-19(23)11-16(20(22)24)21-15-8-7-14(25-3)10-18(15)26-4/h5-10,16,21H,11H2,1-4H3/t16-/m1/s1. The van der Waals surface area contributed by atoms with Crippen molar-refractivity contribution >= 4 is 23.2 Å². The molecule has 0 saturated carbocycles. The first-order valence-corrected chi connectivity index (χ1v) is 8.37. The molecule has 1 fully saturated rings. The van der Waals surface area contributed by atoms with Gasteiger partial charge in [0.25, 0.3) is 5.91 Å². The molecule has 2 aromatic rings. The average molecular weight is 354 g/mol. The average Bonchev–Trinajstić information content (AvgIpc) is 2.91. The Labute approximate surface area is 152 Å². The van der Waals surface area contributed by atoms with Crippen LogP contribution in [0.5, 0.6) is 11.5 Å². The minimum atomic E-state index is -0.635. The van der Waals surface area contributed by atoms with Crippen LogP contribution in [0.1, 0.15) is 17.5 Å². The Morgan fingerprint density at radius 3 is 2.50 bits per heavy atom. The number of hydrogen-bond donors (Lipinski definition) is 1. The van der Waals surface area contributed by atoms with Gasteiger partial charge in [0.2, 0.25) is 5.91 Å². The predicted octanol–water partition coefficient (Wildman–Crippen LogP) is 3.06. The van der Waals surface area contributed by atoms with Crippen molar-refractivity contribution in [1.82, 2.24) is 0 Å². The van der Waals surface area contributed by atoms with E-state index in [4.69, 9.17) is 9.47 Å². The summed E-state index contributed by atoms with van der Waals surface area (Å²) in [5, 5.41) is 3.13. The lowest BCUT2D eigenvalue weighted by Gasteiger charge is -2.19. The van der Waals surface area contributed by atoms with E-state index in [1.807, 2.05) is 32.0 Å². The third-order valence-corrected chi connectivity index (χ3v) is 4.49. The molecule has 26 heavy (non-hydrogen) atoms. The number of anilines is 2. The van der Waals surface area contributed by atoms with E-state index in [1.165, 1.54) is 4.90 Å². The molecule has 1 N–H and O–H groups in total. The third kappa shape index (κ3) is 3.22. The van der Waals surface area contributed by atoms with Crippen LogP contribution in [0.15, 0.2) is 36.4 Å². The van der Waals surface area contributed by atoms with Crippen LogP contribution in [-0.4, -0.2) is 32.1 Å². The lowest BCUT2D eigenvalue weighted by molar-refractivity contribution is -0.121. The first-order valence-electron chi connectivity index (χ1n) is 8.37. The van der Waals surface area contributed by atoms with Crippen LogP contribution >= 0.6 is 0 Å². The first-order chi connectivity index (χ1) is 12.4. The Balaban J connectivity index is 1.87. The van der Waals surface area contributed by atoms with Crippen LogP contribution in [0.25, 0.3) is 0 Å². The van der Waals surface area contributed by atoms with Crippen molar-refractivity contribution in [3.05, 3.63) is 47.5 Å². The van der Waals surface area contributed by atoms with Crippen LogP contribution in [-0.2, 0) is 9.59 Å². The third-order valence-electron chi connectivity index (χ3n) is 4.49. The van der Waals surface area contributed by atoms with Gasteiger partial charge in [-0.25, -0.2) is 4.90 Å². The molecule has 0 aliphatic carbocycles. The first kappa shape index (κ1) is 17.8. The highest BCUT2D eigenvalue weighted by molar-refractivity contribution is 6.23. The van der Waals surface area contributed by atoms with Gasteiger partial charge in [0.05, 0.1) is 32.0 Å². The monoisotopic (exact) mass is 354 g/mol. The van der Waals surface area contributed by atoms with Gasteiger partial charge < -0.3 is 14.8 Å². The molecular weight excluding hydrogens is 332 g/mol. The fourth-order valence-electron chi connectivity index (χ4n) is 3.06. The van der Waals surface area contributed by atoms with Crippen molar-refractivity contribution in [2.75, 3.05) is 24.4 Å². The number of aryl methyl sites for hydroxylation is 2. The highest BCUT2D eigenvalue weighted by Gasteiger charge is 2.40. The minimum absolute atomic E-state index is 0.0986. The van der Waals surface area contributed by atoms with Crippen LogP contribution in [0.4, 0.5) is 11.4 Å². The van der Waals surface area contributed by atoms with Crippen molar-refractivity contribution < 1.29 is 19.1 Å². The number of ether oxygens (including phenoxy) is 2. The van der Waals surface area contributed by atoms with E-state index in [9.17, 15) is 9.59 Å². The van der Waals surface area contributed by atoms with Gasteiger partial charge in [0.15, 0.2) is 0 Å². The molecule has 6 nitrogen and oxygen atoms in total. The molecule has 1 aliphatic heterocycles.